The standard InChI is InChI=1S/C17H33N3OS.ClH/c1-3-14(2)15(18)16(21)19-13-17(7-5-4-6-8-17)20-9-11-22-12-10-20;/h14-15H,3-13,18H2,1-2H3,(H,19,21);1H. The number of halogens is 1. The molecule has 136 valence electrons. The molecule has 2 fully saturated rings. The Balaban J connectivity index is 0.00000264. The smallest absolute Gasteiger partial charge is 0.237 e. The quantitative estimate of drug-likeness (QED) is 0.761. The number of nitrogens with zero attached hydrogens (tertiary/aromatic N) is 1. The zero-order valence-corrected chi connectivity index (χ0v) is 16.3. The van der Waals surface area contributed by atoms with Gasteiger partial charge in [-0.05, 0) is 18.8 Å². The highest BCUT2D eigenvalue weighted by atomic mass is 35.5. The minimum atomic E-state index is -0.373. The molecule has 2 unspecified atom stereocenters. The van der Waals surface area contributed by atoms with Crippen molar-refractivity contribution in [3.8, 4) is 0 Å². The van der Waals surface area contributed by atoms with Crippen LogP contribution in [0.5, 0.6) is 0 Å². The molecule has 1 saturated carbocycles. The fourth-order valence-corrected chi connectivity index (χ4v) is 4.64. The predicted octanol–water partition coefficient (Wildman–Crippen LogP) is 2.65. The third-order valence-electron chi connectivity index (χ3n) is 5.62. The number of nitrogens with one attached hydrogen (secondary N) is 1. The van der Waals surface area contributed by atoms with Crippen LogP contribution in [0.4, 0.5) is 0 Å². The number of hydrogen-bond donors (Lipinski definition) is 2. The van der Waals surface area contributed by atoms with Crippen LogP contribution in [0.2, 0.25) is 0 Å². The second kappa shape index (κ2) is 10.1. The van der Waals surface area contributed by atoms with E-state index in [1.54, 1.807) is 0 Å². The molecule has 0 bridgehead atoms. The molecule has 1 heterocycles. The molecule has 1 aliphatic carbocycles. The second-order valence-corrected chi connectivity index (χ2v) is 8.24. The van der Waals surface area contributed by atoms with E-state index in [0.29, 0.717) is 0 Å². The molecule has 2 rings (SSSR count). The first-order valence-corrected chi connectivity index (χ1v) is 10.1. The Morgan fingerprint density at radius 3 is 2.43 bits per heavy atom. The van der Waals surface area contributed by atoms with Gasteiger partial charge in [-0.3, -0.25) is 9.69 Å². The van der Waals surface area contributed by atoms with Crippen molar-refractivity contribution in [3.05, 3.63) is 0 Å². The van der Waals surface area contributed by atoms with Crippen molar-refractivity contribution < 1.29 is 4.79 Å². The van der Waals surface area contributed by atoms with E-state index in [0.717, 1.165) is 26.1 Å². The van der Waals surface area contributed by atoms with E-state index in [-0.39, 0.29) is 35.8 Å². The molecule has 0 radical (unpaired) electrons. The molecule has 6 heteroatoms. The molecule has 3 N–H and O–H groups in total. The normalized spacial score (nSPS) is 24.3. The summed E-state index contributed by atoms with van der Waals surface area (Å²) in [5.74, 6) is 2.73. The van der Waals surface area contributed by atoms with Gasteiger partial charge in [-0.15, -0.1) is 12.4 Å². The topological polar surface area (TPSA) is 58.4 Å². The van der Waals surface area contributed by atoms with Crippen LogP contribution in [0.25, 0.3) is 0 Å². The van der Waals surface area contributed by atoms with Gasteiger partial charge in [-0.25, -0.2) is 0 Å². The summed E-state index contributed by atoms with van der Waals surface area (Å²) in [5.41, 5.74) is 6.26. The van der Waals surface area contributed by atoms with Gasteiger partial charge in [0.2, 0.25) is 5.91 Å². The molecule has 0 aromatic heterocycles. The summed E-state index contributed by atoms with van der Waals surface area (Å²) in [6.07, 6.45) is 7.30. The summed E-state index contributed by atoms with van der Waals surface area (Å²) in [7, 11) is 0. The lowest BCUT2D eigenvalue weighted by atomic mass is 9.79. The highest BCUT2D eigenvalue weighted by Gasteiger charge is 2.39. The van der Waals surface area contributed by atoms with Crippen molar-refractivity contribution in [1.82, 2.24) is 10.2 Å². The van der Waals surface area contributed by atoms with Crippen molar-refractivity contribution in [2.75, 3.05) is 31.1 Å². The minimum absolute atomic E-state index is 0. The van der Waals surface area contributed by atoms with Crippen LogP contribution in [-0.2, 0) is 4.79 Å². The van der Waals surface area contributed by atoms with Gasteiger partial charge in [-0.1, -0.05) is 39.5 Å². The Bertz CT molecular complexity index is 358. The highest BCUT2D eigenvalue weighted by Crippen LogP contribution is 2.34. The molecule has 2 aliphatic rings. The number of nitrogens with two attached hydrogens (primary N) is 1. The van der Waals surface area contributed by atoms with E-state index < -0.39 is 0 Å². The van der Waals surface area contributed by atoms with Gasteiger partial charge in [0, 0.05) is 36.7 Å². The first kappa shape index (κ1) is 21.1. The van der Waals surface area contributed by atoms with Crippen molar-refractivity contribution >= 4 is 30.1 Å². The summed E-state index contributed by atoms with van der Waals surface area (Å²) in [4.78, 5) is 15.0. The molecule has 1 saturated heterocycles. The number of carbonyl (C=O) groups excluding carboxylic acids is 1. The van der Waals surface area contributed by atoms with Gasteiger partial charge in [0.1, 0.15) is 0 Å². The largest absolute Gasteiger partial charge is 0.353 e. The van der Waals surface area contributed by atoms with Crippen LogP contribution in [0, 0.1) is 5.92 Å². The second-order valence-electron chi connectivity index (χ2n) is 7.01. The average molecular weight is 364 g/mol. The third kappa shape index (κ3) is 5.52. The van der Waals surface area contributed by atoms with E-state index in [4.69, 9.17) is 5.73 Å². The molecule has 23 heavy (non-hydrogen) atoms. The number of carbonyl (C=O) groups is 1. The number of amides is 1. The van der Waals surface area contributed by atoms with E-state index >= 15 is 0 Å². The third-order valence-corrected chi connectivity index (χ3v) is 6.56. The van der Waals surface area contributed by atoms with Gasteiger partial charge >= 0.3 is 0 Å². The van der Waals surface area contributed by atoms with E-state index in [2.05, 4.69) is 24.1 Å². The van der Waals surface area contributed by atoms with Crippen LogP contribution in [-0.4, -0.2) is 53.5 Å². The summed E-state index contributed by atoms with van der Waals surface area (Å²) >= 11 is 2.05. The van der Waals surface area contributed by atoms with Gasteiger partial charge in [-0.2, -0.15) is 11.8 Å². The van der Waals surface area contributed by atoms with E-state index in [1.165, 1.54) is 43.6 Å². The van der Waals surface area contributed by atoms with Gasteiger partial charge < -0.3 is 11.1 Å². The minimum Gasteiger partial charge on any atom is -0.353 e. The summed E-state index contributed by atoms with van der Waals surface area (Å²) in [6, 6.07) is -0.373. The SMILES string of the molecule is CCC(C)C(N)C(=O)NCC1(N2CCSCC2)CCCCC1.Cl. The number of rotatable bonds is 6. The number of hydrogen-bond acceptors (Lipinski definition) is 4. The number of thioether (sulfide) groups is 1. The molecule has 4 nitrogen and oxygen atoms in total. The zero-order chi connectivity index (χ0) is 16.0. The molecule has 1 aliphatic heterocycles. The monoisotopic (exact) mass is 363 g/mol. The maximum Gasteiger partial charge on any atom is 0.237 e. The molecule has 0 spiro atoms. The van der Waals surface area contributed by atoms with Gasteiger partial charge in [0.05, 0.1) is 6.04 Å². The van der Waals surface area contributed by atoms with Crippen LogP contribution in [0.1, 0.15) is 52.4 Å². The molecular formula is C17H34ClN3OS. The summed E-state index contributed by atoms with van der Waals surface area (Å²) < 4.78 is 0. The average Bonchev–Trinajstić information content (AvgIpc) is 2.59. The van der Waals surface area contributed by atoms with Crippen LogP contribution < -0.4 is 11.1 Å². The van der Waals surface area contributed by atoms with E-state index in [9.17, 15) is 4.79 Å². The maximum atomic E-state index is 12.4. The van der Waals surface area contributed by atoms with Crippen LogP contribution >= 0.6 is 24.2 Å². The summed E-state index contributed by atoms with van der Waals surface area (Å²) in [6.45, 7) is 7.25. The lowest BCUT2D eigenvalue weighted by Crippen LogP contribution is -2.60. The highest BCUT2D eigenvalue weighted by molar-refractivity contribution is 7.99. The fraction of sp³-hybridized carbons (Fsp3) is 0.941. The lowest BCUT2D eigenvalue weighted by Gasteiger charge is -2.48. The summed E-state index contributed by atoms with van der Waals surface area (Å²) in [5, 5.41) is 3.19. The Morgan fingerprint density at radius 1 is 1.26 bits per heavy atom. The Kier molecular flexibility index (Phi) is 9.27. The van der Waals surface area contributed by atoms with Crippen molar-refractivity contribution in [1.29, 1.82) is 0 Å². The first-order chi connectivity index (χ1) is 10.6. The van der Waals surface area contributed by atoms with Crippen LogP contribution in [0.3, 0.4) is 0 Å². The van der Waals surface area contributed by atoms with Crippen molar-refractivity contribution in [2.24, 2.45) is 11.7 Å². The fourth-order valence-electron chi connectivity index (χ4n) is 3.73. The molecule has 2 atom stereocenters. The van der Waals surface area contributed by atoms with Gasteiger partial charge in [0.25, 0.3) is 0 Å². The maximum absolute atomic E-state index is 12.4. The van der Waals surface area contributed by atoms with Crippen LogP contribution in [0.15, 0.2) is 0 Å². The lowest BCUT2D eigenvalue weighted by molar-refractivity contribution is -0.124. The van der Waals surface area contributed by atoms with Gasteiger partial charge in [0.15, 0.2) is 0 Å². The first-order valence-electron chi connectivity index (χ1n) is 8.95. The molecule has 0 aromatic rings. The zero-order valence-electron chi connectivity index (χ0n) is 14.7. The van der Waals surface area contributed by atoms with E-state index in [1.807, 2.05) is 11.8 Å². The Morgan fingerprint density at radius 2 is 1.87 bits per heavy atom. The Labute approximate surface area is 152 Å². The van der Waals surface area contributed by atoms with Crippen molar-refractivity contribution in [2.45, 2.75) is 64.0 Å². The van der Waals surface area contributed by atoms with Crippen molar-refractivity contribution in [3.63, 3.8) is 0 Å². The Hall–Kier alpha value is 0.0300. The predicted molar refractivity (Wildman–Crippen MR) is 102 cm³/mol. The molecular weight excluding hydrogens is 330 g/mol. The molecule has 1 amide bonds. The molecule has 0 aromatic carbocycles.